The molecule has 0 unspecified atom stereocenters. The van der Waals surface area contributed by atoms with Gasteiger partial charge in [-0.15, -0.1) is 0 Å². The summed E-state index contributed by atoms with van der Waals surface area (Å²) in [5, 5.41) is 13.4. The minimum Gasteiger partial charge on any atom is -0.298 e. The van der Waals surface area contributed by atoms with Crippen LogP contribution in [-0.4, -0.2) is 38.5 Å². The molecule has 0 saturated carbocycles. The minimum atomic E-state index is 0.433. The summed E-state index contributed by atoms with van der Waals surface area (Å²) in [4.78, 5) is 0. The predicted octanol–water partition coefficient (Wildman–Crippen LogP) is -1.98. The van der Waals surface area contributed by atoms with Gasteiger partial charge in [0.05, 0.1) is 12.3 Å². The van der Waals surface area contributed by atoms with Gasteiger partial charge in [0.1, 0.15) is 0 Å². The van der Waals surface area contributed by atoms with E-state index in [2.05, 4.69) is 21.3 Å². The Hall–Kier alpha value is -0.160. The van der Waals surface area contributed by atoms with E-state index in [0.29, 0.717) is 12.3 Å². The summed E-state index contributed by atoms with van der Waals surface area (Å²) in [5.41, 5.74) is 0. The van der Waals surface area contributed by atoms with Crippen LogP contribution >= 0.6 is 0 Å². The number of hydrogen-bond acceptors (Lipinski definition) is 4. The maximum absolute atomic E-state index is 3.36. The van der Waals surface area contributed by atoms with Crippen LogP contribution in [0.25, 0.3) is 0 Å². The lowest BCUT2D eigenvalue weighted by Crippen LogP contribution is -2.52. The van der Waals surface area contributed by atoms with Gasteiger partial charge in [0.15, 0.2) is 0 Å². The molecule has 0 aromatic carbocycles. The molecule has 0 radical (unpaired) electrons. The standard InChI is InChI=1S/C6H14N4/c1-2-8-5(7-1)6-9-3-4-10-6/h5-10H,1-4H2. The van der Waals surface area contributed by atoms with Gasteiger partial charge in [0, 0.05) is 26.2 Å². The zero-order valence-electron chi connectivity index (χ0n) is 5.98. The van der Waals surface area contributed by atoms with Crippen LogP contribution in [0, 0.1) is 0 Å². The van der Waals surface area contributed by atoms with E-state index in [1.165, 1.54) is 0 Å². The zero-order valence-corrected chi connectivity index (χ0v) is 5.98. The van der Waals surface area contributed by atoms with Crippen molar-refractivity contribution in [3.05, 3.63) is 0 Å². The molecule has 4 N–H and O–H groups in total. The molecule has 0 bridgehead atoms. The van der Waals surface area contributed by atoms with Crippen molar-refractivity contribution in [2.24, 2.45) is 0 Å². The van der Waals surface area contributed by atoms with E-state index in [1.54, 1.807) is 0 Å². The molecule has 2 aliphatic heterocycles. The Morgan fingerprint density at radius 2 is 0.900 bits per heavy atom. The molecule has 0 aromatic rings. The van der Waals surface area contributed by atoms with Gasteiger partial charge in [-0.3, -0.25) is 21.3 Å². The molecule has 10 heavy (non-hydrogen) atoms. The number of nitrogens with one attached hydrogen (secondary N) is 4. The third-order valence-corrected chi connectivity index (χ3v) is 2.04. The summed E-state index contributed by atoms with van der Waals surface area (Å²) in [6.45, 7) is 4.35. The van der Waals surface area contributed by atoms with Crippen LogP contribution in [0.3, 0.4) is 0 Å². The van der Waals surface area contributed by atoms with E-state index in [9.17, 15) is 0 Å². The molecule has 0 aromatic heterocycles. The molecule has 2 fully saturated rings. The Balaban J connectivity index is 1.85. The lowest BCUT2D eigenvalue weighted by Gasteiger charge is -2.18. The lowest BCUT2D eigenvalue weighted by atomic mass is 10.4. The predicted molar refractivity (Wildman–Crippen MR) is 39.6 cm³/mol. The van der Waals surface area contributed by atoms with Crippen molar-refractivity contribution >= 4 is 0 Å². The number of hydrogen-bond donors (Lipinski definition) is 4. The second-order valence-corrected chi connectivity index (χ2v) is 2.77. The van der Waals surface area contributed by atoms with Gasteiger partial charge in [-0.1, -0.05) is 0 Å². The Morgan fingerprint density at radius 1 is 0.600 bits per heavy atom. The van der Waals surface area contributed by atoms with Crippen LogP contribution in [0.1, 0.15) is 0 Å². The maximum atomic E-state index is 3.36. The lowest BCUT2D eigenvalue weighted by molar-refractivity contribution is 0.388. The van der Waals surface area contributed by atoms with Crippen molar-refractivity contribution in [1.82, 2.24) is 21.3 Å². The number of rotatable bonds is 1. The van der Waals surface area contributed by atoms with Crippen LogP contribution in [0.15, 0.2) is 0 Å². The topological polar surface area (TPSA) is 48.1 Å². The third-order valence-electron chi connectivity index (χ3n) is 2.04. The summed E-state index contributed by atoms with van der Waals surface area (Å²) in [6, 6.07) is 0. The summed E-state index contributed by atoms with van der Waals surface area (Å²) >= 11 is 0. The molecule has 2 heterocycles. The minimum absolute atomic E-state index is 0.433. The average Bonchev–Trinajstić information content (AvgIpc) is 2.59. The van der Waals surface area contributed by atoms with Gasteiger partial charge >= 0.3 is 0 Å². The largest absolute Gasteiger partial charge is 0.298 e. The quantitative estimate of drug-likeness (QED) is 0.343. The van der Waals surface area contributed by atoms with Crippen molar-refractivity contribution in [1.29, 1.82) is 0 Å². The first kappa shape index (κ1) is 6.54. The highest BCUT2D eigenvalue weighted by Gasteiger charge is 2.25. The van der Waals surface area contributed by atoms with Crippen LogP contribution in [-0.2, 0) is 0 Å². The molecule has 2 rings (SSSR count). The van der Waals surface area contributed by atoms with Crippen molar-refractivity contribution in [3.63, 3.8) is 0 Å². The van der Waals surface area contributed by atoms with Gasteiger partial charge in [0.2, 0.25) is 0 Å². The van der Waals surface area contributed by atoms with E-state index in [0.717, 1.165) is 26.2 Å². The molecule has 2 saturated heterocycles. The van der Waals surface area contributed by atoms with Crippen LogP contribution < -0.4 is 21.3 Å². The van der Waals surface area contributed by atoms with E-state index in [4.69, 9.17) is 0 Å². The first-order valence-electron chi connectivity index (χ1n) is 3.90. The fraction of sp³-hybridized carbons (Fsp3) is 1.00. The molecule has 0 aliphatic carbocycles. The molecular formula is C6H14N4. The fourth-order valence-electron chi connectivity index (χ4n) is 1.53. The van der Waals surface area contributed by atoms with Crippen LogP contribution in [0.4, 0.5) is 0 Å². The molecule has 4 heteroatoms. The summed E-state index contributed by atoms with van der Waals surface area (Å²) in [6.07, 6.45) is 0.866. The normalized spacial score (nSPS) is 30.0. The Bertz CT molecular complexity index is 90.3. The van der Waals surface area contributed by atoms with E-state index < -0.39 is 0 Å². The average molecular weight is 142 g/mol. The summed E-state index contributed by atoms with van der Waals surface area (Å²) in [5.74, 6) is 0. The monoisotopic (exact) mass is 142 g/mol. The van der Waals surface area contributed by atoms with E-state index in [1.807, 2.05) is 0 Å². The maximum Gasteiger partial charge on any atom is 0.0867 e. The second kappa shape index (κ2) is 2.84. The molecule has 0 atom stereocenters. The summed E-state index contributed by atoms with van der Waals surface area (Å²) in [7, 11) is 0. The Labute approximate surface area is 60.8 Å². The fourth-order valence-corrected chi connectivity index (χ4v) is 1.53. The first-order chi connectivity index (χ1) is 4.97. The van der Waals surface area contributed by atoms with Crippen molar-refractivity contribution in [2.75, 3.05) is 26.2 Å². The molecule has 58 valence electrons. The van der Waals surface area contributed by atoms with Crippen molar-refractivity contribution in [2.45, 2.75) is 12.3 Å². The van der Waals surface area contributed by atoms with Crippen molar-refractivity contribution in [3.8, 4) is 0 Å². The van der Waals surface area contributed by atoms with Crippen molar-refractivity contribution < 1.29 is 0 Å². The van der Waals surface area contributed by atoms with Gasteiger partial charge in [-0.25, -0.2) is 0 Å². The van der Waals surface area contributed by atoms with Crippen LogP contribution in [0.5, 0.6) is 0 Å². The Morgan fingerprint density at radius 3 is 1.20 bits per heavy atom. The highest BCUT2D eigenvalue weighted by Crippen LogP contribution is 1.94. The Kier molecular flexibility index (Phi) is 1.86. The smallest absolute Gasteiger partial charge is 0.0867 e. The molecular weight excluding hydrogens is 128 g/mol. The van der Waals surface area contributed by atoms with Gasteiger partial charge in [0.25, 0.3) is 0 Å². The van der Waals surface area contributed by atoms with Crippen LogP contribution in [0.2, 0.25) is 0 Å². The van der Waals surface area contributed by atoms with Gasteiger partial charge < -0.3 is 0 Å². The van der Waals surface area contributed by atoms with Gasteiger partial charge in [-0.05, 0) is 0 Å². The van der Waals surface area contributed by atoms with E-state index >= 15 is 0 Å². The second-order valence-electron chi connectivity index (χ2n) is 2.77. The molecule has 0 amide bonds. The third kappa shape index (κ3) is 1.15. The first-order valence-corrected chi connectivity index (χ1v) is 3.90. The highest BCUT2D eigenvalue weighted by molar-refractivity contribution is 4.86. The molecule has 4 nitrogen and oxygen atoms in total. The zero-order chi connectivity index (χ0) is 6.81. The van der Waals surface area contributed by atoms with E-state index in [-0.39, 0.29) is 0 Å². The molecule has 0 spiro atoms. The SMILES string of the molecule is C1CNC(C2NCCN2)N1. The molecule has 2 aliphatic rings. The summed E-state index contributed by atoms with van der Waals surface area (Å²) < 4.78 is 0. The highest BCUT2D eigenvalue weighted by atomic mass is 15.3. The van der Waals surface area contributed by atoms with Gasteiger partial charge in [-0.2, -0.15) is 0 Å².